The van der Waals surface area contributed by atoms with Crippen molar-refractivity contribution in [2.24, 2.45) is 0 Å². The van der Waals surface area contributed by atoms with Gasteiger partial charge in [0.05, 0.1) is 6.61 Å². The first-order valence-corrected chi connectivity index (χ1v) is 7.98. The fourth-order valence-corrected chi connectivity index (χ4v) is 2.84. The molecule has 0 saturated carbocycles. The molecule has 114 valence electrons. The van der Waals surface area contributed by atoms with E-state index >= 15 is 0 Å². The summed E-state index contributed by atoms with van der Waals surface area (Å²) in [4.78, 5) is 1.25. The van der Waals surface area contributed by atoms with Gasteiger partial charge in [0.1, 0.15) is 5.75 Å². The fourth-order valence-electron chi connectivity index (χ4n) is 2.19. The maximum atomic E-state index is 5.61. The molecule has 1 aromatic heterocycles. The van der Waals surface area contributed by atoms with Crippen LogP contribution < -0.4 is 17.1 Å². The summed E-state index contributed by atoms with van der Waals surface area (Å²) >= 11 is 1.65. The third kappa shape index (κ3) is 5.17. The van der Waals surface area contributed by atoms with Crippen LogP contribution in [0.3, 0.4) is 0 Å². The Hall–Kier alpha value is -1.15. The van der Waals surface area contributed by atoms with E-state index in [1.165, 1.54) is 21.6 Å². The SMILES string of the molecule is CCCOc1ccc(-c2ccc(-c3cc[c-]s3)cc2)cc1.[Cl-].[Zn+2]. The van der Waals surface area contributed by atoms with Crippen LogP contribution in [0.15, 0.2) is 60.7 Å². The molecule has 23 heavy (non-hydrogen) atoms. The fraction of sp³-hybridized carbons (Fsp3) is 0.158. The summed E-state index contributed by atoms with van der Waals surface area (Å²) < 4.78 is 5.61. The van der Waals surface area contributed by atoms with Crippen molar-refractivity contribution in [1.29, 1.82) is 0 Å². The van der Waals surface area contributed by atoms with Gasteiger partial charge < -0.3 is 17.1 Å². The van der Waals surface area contributed by atoms with Crippen molar-refractivity contribution in [3.8, 4) is 27.3 Å². The molecule has 0 atom stereocenters. The molecule has 0 spiro atoms. The molecule has 0 radical (unpaired) electrons. The molecule has 0 bridgehead atoms. The maximum absolute atomic E-state index is 5.61. The summed E-state index contributed by atoms with van der Waals surface area (Å²) in [6.45, 7) is 2.88. The maximum Gasteiger partial charge on any atom is 2.00 e. The number of benzene rings is 2. The Morgan fingerprint density at radius 1 is 0.870 bits per heavy atom. The number of ether oxygens (including phenoxy) is 1. The molecule has 3 rings (SSSR count). The Labute approximate surface area is 160 Å². The van der Waals surface area contributed by atoms with E-state index in [0.717, 1.165) is 18.8 Å². The van der Waals surface area contributed by atoms with Gasteiger partial charge >= 0.3 is 19.5 Å². The normalized spacial score (nSPS) is 9.61. The van der Waals surface area contributed by atoms with Crippen LogP contribution in [0.2, 0.25) is 0 Å². The van der Waals surface area contributed by atoms with E-state index in [-0.39, 0.29) is 31.9 Å². The van der Waals surface area contributed by atoms with Gasteiger partial charge in [0.15, 0.2) is 0 Å². The molecule has 1 heterocycles. The largest absolute Gasteiger partial charge is 2.00 e. The van der Waals surface area contributed by atoms with Crippen LogP contribution >= 0.6 is 11.3 Å². The minimum atomic E-state index is 0. The zero-order chi connectivity index (χ0) is 14.5. The van der Waals surface area contributed by atoms with Crippen molar-refractivity contribution in [3.05, 3.63) is 66.0 Å². The van der Waals surface area contributed by atoms with Crippen molar-refractivity contribution >= 4 is 11.3 Å². The molecule has 0 fully saturated rings. The predicted molar refractivity (Wildman–Crippen MR) is 89.8 cm³/mol. The second-order valence-corrected chi connectivity index (χ2v) is 5.75. The van der Waals surface area contributed by atoms with Gasteiger partial charge in [-0.3, -0.25) is 11.3 Å². The van der Waals surface area contributed by atoms with Crippen LogP contribution in [0, 0.1) is 5.38 Å². The van der Waals surface area contributed by atoms with Crippen LogP contribution in [0.4, 0.5) is 0 Å². The molecule has 0 aliphatic carbocycles. The quantitative estimate of drug-likeness (QED) is 0.478. The van der Waals surface area contributed by atoms with Gasteiger partial charge in [0, 0.05) is 0 Å². The van der Waals surface area contributed by atoms with Crippen molar-refractivity contribution in [3.63, 3.8) is 0 Å². The smallest absolute Gasteiger partial charge is 1.00 e. The summed E-state index contributed by atoms with van der Waals surface area (Å²) in [6.07, 6.45) is 1.03. The molecule has 0 amide bonds. The van der Waals surface area contributed by atoms with E-state index in [9.17, 15) is 0 Å². The van der Waals surface area contributed by atoms with Gasteiger partial charge in [-0.2, -0.15) is 12.1 Å². The Kier molecular flexibility index (Phi) is 8.54. The second-order valence-electron chi connectivity index (χ2n) is 4.87. The number of thiophene rings is 1. The molecule has 0 N–H and O–H groups in total. The first kappa shape index (κ1) is 19.9. The Morgan fingerprint density at radius 3 is 1.96 bits per heavy atom. The molecule has 0 aliphatic heterocycles. The zero-order valence-corrected chi connectivity index (χ0v) is 17.6. The number of rotatable bonds is 5. The van der Waals surface area contributed by atoms with Crippen LogP contribution in [-0.2, 0) is 19.5 Å². The average molecular weight is 394 g/mol. The summed E-state index contributed by atoms with van der Waals surface area (Å²) in [5.41, 5.74) is 3.68. The van der Waals surface area contributed by atoms with Crippen molar-refractivity contribution < 1.29 is 36.6 Å². The first-order valence-electron chi connectivity index (χ1n) is 7.16. The topological polar surface area (TPSA) is 9.23 Å². The summed E-state index contributed by atoms with van der Waals surface area (Å²) in [7, 11) is 0. The molecule has 2 aromatic carbocycles. The molecular formula is C19H17ClOSZn. The summed E-state index contributed by atoms with van der Waals surface area (Å²) in [6, 6.07) is 21.0. The van der Waals surface area contributed by atoms with Crippen molar-refractivity contribution in [2.75, 3.05) is 6.61 Å². The number of hydrogen-bond acceptors (Lipinski definition) is 2. The Morgan fingerprint density at radius 2 is 1.43 bits per heavy atom. The molecule has 1 nitrogen and oxygen atoms in total. The van der Waals surface area contributed by atoms with Gasteiger partial charge in [-0.1, -0.05) is 48.9 Å². The molecule has 4 heteroatoms. The van der Waals surface area contributed by atoms with Gasteiger partial charge in [0.25, 0.3) is 0 Å². The second kappa shape index (κ2) is 9.87. The number of halogens is 1. The van der Waals surface area contributed by atoms with Gasteiger partial charge in [-0.05, 0) is 29.7 Å². The third-order valence-corrected chi connectivity index (χ3v) is 4.15. The van der Waals surface area contributed by atoms with Gasteiger partial charge in [-0.15, -0.1) is 10.3 Å². The first-order chi connectivity index (χ1) is 10.4. The standard InChI is InChI=1S/C19H17OS.ClH.Zn/c1-2-13-20-18-11-9-16(10-12-18)15-5-7-17(8-6-15)19-4-3-14-21-19;;/h3-12H,2,13H2,1H3;1H;/q-1;;+2/p-1. The van der Waals surface area contributed by atoms with E-state index in [2.05, 4.69) is 54.8 Å². The average Bonchev–Trinajstić information content (AvgIpc) is 3.08. The van der Waals surface area contributed by atoms with Crippen LogP contribution in [0.25, 0.3) is 21.6 Å². The molecule has 3 aromatic rings. The number of hydrogen-bond donors (Lipinski definition) is 0. The van der Waals surface area contributed by atoms with Crippen LogP contribution in [0.5, 0.6) is 5.75 Å². The van der Waals surface area contributed by atoms with Crippen molar-refractivity contribution in [1.82, 2.24) is 0 Å². The van der Waals surface area contributed by atoms with Crippen molar-refractivity contribution in [2.45, 2.75) is 13.3 Å². The predicted octanol–water partition coefficient (Wildman–Crippen LogP) is 2.67. The third-order valence-electron chi connectivity index (χ3n) is 3.30. The molecule has 0 saturated heterocycles. The van der Waals surface area contributed by atoms with Gasteiger partial charge in [-0.25, -0.2) is 0 Å². The van der Waals surface area contributed by atoms with Crippen LogP contribution in [0.1, 0.15) is 13.3 Å². The van der Waals surface area contributed by atoms with E-state index in [4.69, 9.17) is 4.74 Å². The Bertz CT molecular complexity index is 678. The Balaban J connectivity index is 0.00000132. The molecule has 0 unspecified atom stereocenters. The van der Waals surface area contributed by atoms with E-state index in [1.54, 1.807) is 11.3 Å². The van der Waals surface area contributed by atoms with E-state index < -0.39 is 0 Å². The van der Waals surface area contributed by atoms with Gasteiger partial charge in [0.2, 0.25) is 0 Å². The summed E-state index contributed by atoms with van der Waals surface area (Å²) in [5, 5.41) is 3.13. The monoisotopic (exact) mass is 392 g/mol. The molecule has 0 aliphatic rings. The summed E-state index contributed by atoms with van der Waals surface area (Å²) in [5.74, 6) is 0.936. The van der Waals surface area contributed by atoms with Crippen LogP contribution in [-0.4, -0.2) is 6.61 Å². The van der Waals surface area contributed by atoms with E-state index in [1.807, 2.05) is 18.2 Å². The zero-order valence-electron chi connectivity index (χ0n) is 13.1. The minimum absolute atomic E-state index is 0. The molecular weight excluding hydrogens is 377 g/mol. The minimum Gasteiger partial charge on any atom is -1.00 e. The van der Waals surface area contributed by atoms with E-state index in [0.29, 0.717) is 0 Å².